The van der Waals surface area contributed by atoms with Crippen molar-refractivity contribution in [1.29, 1.82) is 0 Å². The molecule has 2 aliphatic carbocycles. The second-order valence-corrected chi connectivity index (χ2v) is 13.9. The minimum atomic E-state index is -0.632. The highest BCUT2D eigenvalue weighted by molar-refractivity contribution is 5.68. The van der Waals surface area contributed by atoms with Gasteiger partial charge in [0.25, 0.3) is 0 Å². The minimum Gasteiger partial charge on any atom is -0.444 e. The molecule has 2 saturated carbocycles. The Kier molecular flexibility index (Phi) is 10.6. The number of carbonyl (C=O) groups is 1. The Morgan fingerprint density at radius 2 is 1.76 bits per heavy atom. The molecule has 1 aromatic rings. The second-order valence-electron chi connectivity index (χ2n) is 13.9. The lowest BCUT2D eigenvalue weighted by Gasteiger charge is -2.49. The number of carbonyl (C=O) groups excluding carboxylic acids is 1. The van der Waals surface area contributed by atoms with Crippen molar-refractivity contribution in [2.75, 3.05) is 6.61 Å². The Balaban J connectivity index is 1.36. The van der Waals surface area contributed by atoms with E-state index in [2.05, 4.69) is 6.08 Å². The first-order valence-corrected chi connectivity index (χ1v) is 15.7. The molecule has 1 amide bonds. The van der Waals surface area contributed by atoms with Crippen molar-refractivity contribution in [3.8, 4) is 0 Å². The van der Waals surface area contributed by atoms with Crippen LogP contribution in [0.25, 0.3) is 0 Å². The Bertz CT molecular complexity index is 1000. The molecule has 1 aromatic carbocycles. The first kappa shape index (κ1) is 32.0. The first-order chi connectivity index (χ1) is 19.4. The third-order valence-corrected chi connectivity index (χ3v) is 9.12. The Morgan fingerprint density at radius 3 is 2.41 bits per heavy atom. The fourth-order valence-corrected chi connectivity index (χ4v) is 7.23. The number of hydrogen-bond acceptors (Lipinski definition) is 6. The van der Waals surface area contributed by atoms with Gasteiger partial charge >= 0.3 is 6.09 Å². The molecule has 230 valence electrons. The Morgan fingerprint density at radius 1 is 1.10 bits per heavy atom. The number of amides is 1. The van der Waals surface area contributed by atoms with Crippen molar-refractivity contribution in [2.45, 2.75) is 129 Å². The molecule has 0 aromatic heterocycles. The van der Waals surface area contributed by atoms with E-state index in [1.165, 1.54) is 12.8 Å². The van der Waals surface area contributed by atoms with Crippen LogP contribution in [0, 0.1) is 23.7 Å². The zero-order valence-corrected chi connectivity index (χ0v) is 26.0. The lowest BCUT2D eigenvalue weighted by atomic mass is 9.59. The summed E-state index contributed by atoms with van der Waals surface area (Å²) in [5.74, 6) is 0.349. The number of aliphatic hydroxyl groups is 2. The molecule has 0 radical (unpaired) electrons. The summed E-state index contributed by atoms with van der Waals surface area (Å²) < 4.78 is 18.4. The van der Waals surface area contributed by atoms with Crippen LogP contribution >= 0.6 is 0 Å². The number of fused-ring (bicyclic) bond motifs is 3. The Labute approximate surface area is 247 Å². The van der Waals surface area contributed by atoms with Crippen LogP contribution < -0.4 is 0 Å². The average molecular weight is 572 g/mol. The van der Waals surface area contributed by atoms with Gasteiger partial charge in [0.2, 0.25) is 0 Å². The molecule has 0 spiro atoms. The van der Waals surface area contributed by atoms with Crippen LogP contribution in [0.1, 0.15) is 92.1 Å². The van der Waals surface area contributed by atoms with E-state index in [1.807, 2.05) is 78.0 Å². The van der Waals surface area contributed by atoms with Gasteiger partial charge in [0.05, 0.1) is 18.3 Å². The van der Waals surface area contributed by atoms with Crippen molar-refractivity contribution in [1.82, 2.24) is 4.90 Å². The van der Waals surface area contributed by atoms with Gasteiger partial charge in [-0.1, -0.05) is 55.3 Å². The van der Waals surface area contributed by atoms with Gasteiger partial charge in [0.1, 0.15) is 5.60 Å². The normalized spacial score (nSPS) is 30.8. The number of nitrogens with zero attached hydrogens (tertiary/aromatic N) is 1. The lowest BCUT2D eigenvalue weighted by Crippen LogP contribution is -2.53. The van der Waals surface area contributed by atoms with Gasteiger partial charge in [-0.15, -0.1) is 0 Å². The number of aliphatic hydroxyl groups excluding tert-OH is 2. The maximum atomic E-state index is 13.1. The summed E-state index contributed by atoms with van der Waals surface area (Å²) in [6.45, 7) is 12.2. The van der Waals surface area contributed by atoms with Gasteiger partial charge in [-0.05, 0) is 97.0 Å². The van der Waals surface area contributed by atoms with E-state index in [1.54, 1.807) is 4.90 Å². The van der Waals surface area contributed by atoms with E-state index < -0.39 is 17.5 Å². The van der Waals surface area contributed by atoms with Crippen LogP contribution in [-0.4, -0.2) is 63.6 Å². The van der Waals surface area contributed by atoms with E-state index in [0.717, 1.165) is 31.2 Å². The SMILES string of the molecule is C[C@H](CCCC(O)/C=C/[C@@H]1[C@H]2CCCC[C@@H]2[C@H]2OC(C)(C)O[C@H]2[C@@H]1CO)N(Cc1ccccc1)C(=O)OC(C)(C)C. The topological polar surface area (TPSA) is 88.5 Å². The van der Waals surface area contributed by atoms with Crippen LogP contribution in [0.2, 0.25) is 0 Å². The third kappa shape index (κ3) is 8.34. The molecule has 1 unspecified atom stereocenters. The van der Waals surface area contributed by atoms with E-state index in [0.29, 0.717) is 24.8 Å². The van der Waals surface area contributed by atoms with Crippen LogP contribution in [0.15, 0.2) is 42.5 Å². The van der Waals surface area contributed by atoms with Gasteiger partial charge in [-0.2, -0.15) is 0 Å². The molecule has 2 N–H and O–H groups in total. The number of hydrogen-bond donors (Lipinski definition) is 2. The molecule has 1 aliphatic heterocycles. The zero-order chi connectivity index (χ0) is 29.8. The highest BCUT2D eigenvalue weighted by Gasteiger charge is 2.57. The quantitative estimate of drug-likeness (QED) is 0.313. The second kappa shape index (κ2) is 13.6. The van der Waals surface area contributed by atoms with E-state index >= 15 is 0 Å². The maximum Gasteiger partial charge on any atom is 0.410 e. The molecular weight excluding hydrogens is 518 g/mol. The standard InChI is InChI=1S/C34H53NO6/c1-23(35(32(38)41-33(2,3)4)21-24-14-8-7-9-15-24)13-12-16-25(37)19-20-27-26-17-10-11-18-28(26)30-31(29(27)22-36)40-34(5,6)39-30/h7-9,14-15,19-20,23,25-31,36-37H,10-13,16-18,21-22H2,1-6H3/b20-19+/t23-,25?,26-,27-,28+,29-,30-,31+/m1/s1. The van der Waals surface area contributed by atoms with Crippen molar-refractivity contribution in [3.05, 3.63) is 48.0 Å². The van der Waals surface area contributed by atoms with Crippen molar-refractivity contribution < 1.29 is 29.2 Å². The van der Waals surface area contributed by atoms with Crippen LogP contribution in [-0.2, 0) is 20.8 Å². The summed E-state index contributed by atoms with van der Waals surface area (Å²) >= 11 is 0. The number of ether oxygens (including phenoxy) is 3. The fourth-order valence-electron chi connectivity index (χ4n) is 7.23. The van der Waals surface area contributed by atoms with Crippen molar-refractivity contribution >= 4 is 6.09 Å². The van der Waals surface area contributed by atoms with Gasteiger partial charge in [0, 0.05) is 25.1 Å². The van der Waals surface area contributed by atoms with Gasteiger partial charge < -0.3 is 29.3 Å². The predicted octanol–water partition coefficient (Wildman–Crippen LogP) is 6.46. The van der Waals surface area contributed by atoms with E-state index in [4.69, 9.17) is 14.2 Å². The molecule has 3 aliphatic rings. The highest BCUT2D eigenvalue weighted by Crippen LogP contribution is 2.53. The largest absolute Gasteiger partial charge is 0.444 e. The first-order valence-electron chi connectivity index (χ1n) is 15.7. The maximum absolute atomic E-state index is 13.1. The molecule has 41 heavy (non-hydrogen) atoms. The molecular formula is C34H53NO6. The lowest BCUT2D eigenvalue weighted by molar-refractivity contribution is -0.153. The molecule has 4 rings (SSSR count). The summed E-state index contributed by atoms with van der Waals surface area (Å²) in [5, 5.41) is 21.4. The molecule has 7 heteroatoms. The summed E-state index contributed by atoms with van der Waals surface area (Å²) in [6.07, 6.45) is 9.91. The van der Waals surface area contributed by atoms with Gasteiger partial charge in [-0.25, -0.2) is 4.79 Å². The van der Waals surface area contributed by atoms with Gasteiger partial charge in [0.15, 0.2) is 5.79 Å². The van der Waals surface area contributed by atoms with Crippen LogP contribution in [0.5, 0.6) is 0 Å². The van der Waals surface area contributed by atoms with Crippen LogP contribution in [0.3, 0.4) is 0 Å². The molecule has 3 fully saturated rings. The van der Waals surface area contributed by atoms with E-state index in [-0.39, 0.29) is 42.8 Å². The number of allylic oxidation sites excluding steroid dienone is 1. The Hall–Kier alpha value is -1.93. The monoisotopic (exact) mass is 571 g/mol. The average Bonchev–Trinajstić information content (AvgIpc) is 3.24. The summed E-state index contributed by atoms with van der Waals surface area (Å²) in [4.78, 5) is 14.9. The van der Waals surface area contributed by atoms with Crippen LogP contribution in [0.4, 0.5) is 4.79 Å². The highest BCUT2D eigenvalue weighted by atomic mass is 16.8. The molecule has 0 bridgehead atoms. The fraction of sp³-hybridized carbons (Fsp3) is 0.735. The van der Waals surface area contributed by atoms with E-state index in [9.17, 15) is 15.0 Å². The number of benzene rings is 1. The molecule has 7 nitrogen and oxygen atoms in total. The number of rotatable bonds is 10. The molecule has 8 atom stereocenters. The smallest absolute Gasteiger partial charge is 0.410 e. The van der Waals surface area contributed by atoms with Gasteiger partial charge in [-0.3, -0.25) is 0 Å². The predicted molar refractivity (Wildman–Crippen MR) is 160 cm³/mol. The zero-order valence-electron chi connectivity index (χ0n) is 26.0. The third-order valence-electron chi connectivity index (χ3n) is 9.12. The van der Waals surface area contributed by atoms with Crippen molar-refractivity contribution in [3.63, 3.8) is 0 Å². The summed E-state index contributed by atoms with van der Waals surface area (Å²) in [7, 11) is 0. The minimum absolute atomic E-state index is 0.0346. The summed E-state index contributed by atoms with van der Waals surface area (Å²) in [6, 6.07) is 9.93. The molecule has 1 saturated heterocycles. The van der Waals surface area contributed by atoms with Crippen molar-refractivity contribution in [2.24, 2.45) is 23.7 Å². The molecule has 1 heterocycles. The summed E-state index contributed by atoms with van der Waals surface area (Å²) in [5.41, 5.74) is 0.489.